The van der Waals surface area contributed by atoms with E-state index in [1.807, 2.05) is 0 Å². The fraction of sp³-hybridized carbons (Fsp3) is 0.875. The highest BCUT2D eigenvalue weighted by Gasteiger charge is 2.35. The first-order chi connectivity index (χ1) is 8.48. The van der Waals surface area contributed by atoms with E-state index in [-0.39, 0.29) is 5.41 Å². The van der Waals surface area contributed by atoms with Crippen LogP contribution in [0.5, 0.6) is 0 Å². The molecule has 2 nitrogen and oxygen atoms in total. The van der Waals surface area contributed by atoms with Crippen LogP contribution >= 0.6 is 0 Å². The molecule has 2 saturated heterocycles. The summed E-state index contributed by atoms with van der Waals surface area (Å²) in [6, 6.07) is 2.31. The zero-order chi connectivity index (χ0) is 13.2. The molecule has 2 aliphatic rings. The molecule has 0 radical (unpaired) electrons. The van der Waals surface area contributed by atoms with Gasteiger partial charge in [-0.25, -0.2) is 0 Å². The highest BCUT2D eigenvalue weighted by Crippen LogP contribution is 2.29. The minimum atomic E-state index is 0.132. The zero-order valence-electron chi connectivity index (χ0n) is 12.4. The lowest BCUT2D eigenvalue weighted by Gasteiger charge is -2.36. The topological polar surface area (TPSA) is 15.3 Å². The molecule has 2 bridgehead atoms. The van der Waals surface area contributed by atoms with Gasteiger partial charge >= 0.3 is 0 Å². The van der Waals surface area contributed by atoms with Gasteiger partial charge in [-0.15, -0.1) is 0 Å². The molecule has 0 aliphatic carbocycles. The van der Waals surface area contributed by atoms with E-state index < -0.39 is 0 Å². The van der Waals surface area contributed by atoms with Gasteiger partial charge in [-0.3, -0.25) is 4.90 Å². The normalized spacial score (nSPS) is 31.3. The van der Waals surface area contributed by atoms with Crippen molar-refractivity contribution in [1.82, 2.24) is 10.2 Å². The van der Waals surface area contributed by atoms with E-state index in [1.165, 1.54) is 25.7 Å². The molecule has 102 valence electrons. The maximum Gasteiger partial charge on any atom is 0.0604 e. The molecule has 1 N–H and O–H groups in total. The van der Waals surface area contributed by atoms with Crippen LogP contribution in [0.2, 0.25) is 0 Å². The molecule has 0 amide bonds. The quantitative estimate of drug-likeness (QED) is 0.773. The molecule has 0 saturated carbocycles. The Hall–Kier alpha value is -0.520. The summed E-state index contributed by atoms with van der Waals surface area (Å²) in [7, 11) is 0. The third-order valence-corrected chi connectivity index (χ3v) is 4.12. The zero-order valence-corrected chi connectivity index (χ0v) is 12.4. The van der Waals surface area contributed by atoms with Crippen molar-refractivity contribution in [2.24, 2.45) is 5.41 Å². The molecule has 2 fully saturated rings. The van der Waals surface area contributed by atoms with Crippen molar-refractivity contribution in [3.63, 3.8) is 0 Å². The van der Waals surface area contributed by atoms with Crippen LogP contribution < -0.4 is 5.32 Å². The number of fused-ring (bicyclic) bond motifs is 2. The van der Waals surface area contributed by atoms with Crippen molar-refractivity contribution in [2.75, 3.05) is 13.1 Å². The van der Waals surface area contributed by atoms with E-state index in [4.69, 9.17) is 0 Å². The number of nitrogens with zero attached hydrogens (tertiary/aromatic N) is 1. The third kappa shape index (κ3) is 3.73. The van der Waals surface area contributed by atoms with Crippen LogP contribution in [-0.4, -0.2) is 36.1 Å². The highest BCUT2D eigenvalue weighted by atomic mass is 15.2. The van der Waals surface area contributed by atoms with Gasteiger partial charge in [0.1, 0.15) is 0 Å². The second-order valence-corrected chi connectivity index (χ2v) is 6.88. The molecule has 2 heterocycles. The summed E-state index contributed by atoms with van der Waals surface area (Å²) in [5.41, 5.74) is 0.132. The molecule has 2 rings (SSSR count). The fourth-order valence-electron chi connectivity index (χ4n) is 3.23. The van der Waals surface area contributed by atoms with Gasteiger partial charge in [0.25, 0.3) is 0 Å². The summed E-state index contributed by atoms with van der Waals surface area (Å²) in [6.45, 7) is 10.9. The predicted octanol–water partition coefficient (Wildman–Crippen LogP) is 2.64. The molecule has 2 unspecified atom stereocenters. The monoisotopic (exact) mass is 248 g/mol. The Kier molecular flexibility index (Phi) is 4.35. The van der Waals surface area contributed by atoms with Gasteiger partial charge < -0.3 is 5.32 Å². The standard InChI is InChI=1S/C16H28N2/c1-5-18(10-6-9-16(2,3)4)15-11-13-7-8-14(12-15)17-13/h13-15,17H,5,7-8,10-12H2,1-4H3. The average Bonchev–Trinajstić information content (AvgIpc) is 2.62. The van der Waals surface area contributed by atoms with Crippen molar-refractivity contribution in [3.8, 4) is 11.8 Å². The van der Waals surface area contributed by atoms with E-state index in [1.54, 1.807) is 0 Å². The lowest BCUT2D eigenvalue weighted by Crippen LogP contribution is -2.48. The SMILES string of the molecule is CCN(CC#CC(C)(C)C)C1CC2CCC(C1)N2. The first-order valence-corrected chi connectivity index (χ1v) is 7.48. The van der Waals surface area contributed by atoms with E-state index in [9.17, 15) is 0 Å². The highest BCUT2D eigenvalue weighted by molar-refractivity contribution is 5.09. The van der Waals surface area contributed by atoms with E-state index in [0.717, 1.165) is 31.2 Å². The summed E-state index contributed by atoms with van der Waals surface area (Å²) < 4.78 is 0. The van der Waals surface area contributed by atoms with Crippen LogP contribution in [0, 0.1) is 17.3 Å². The molecule has 2 heteroatoms. The molecule has 0 spiro atoms. The van der Waals surface area contributed by atoms with Crippen LogP contribution in [0.25, 0.3) is 0 Å². The number of rotatable bonds is 3. The maximum atomic E-state index is 3.72. The minimum Gasteiger partial charge on any atom is -0.311 e. The number of piperidine rings is 1. The molecule has 2 aliphatic heterocycles. The molecule has 0 aromatic carbocycles. The van der Waals surface area contributed by atoms with Crippen molar-refractivity contribution in [1.29, 1.82) is 0 Å². The van der Waals surface area contributed by atoms with Gasteiger partial charge in [0.15, 0.2) is 0 Å². The maximum absolute atomic E-state index is 3.72. The summed E-state index contributed by atoms with van der Waals surface area (Å²) in [4.78, 5) is 2.57. The van der Waals surface area contributed by atoms with Crippen molar-refractivity contribution in [3.05, 3.63) is 0 Å². The van der Waals surface area contributed by atoms with Crippen LogP contribution in [-0.2, 0) is 0 Å². The van der Waals surface area contributed by atoms with Crippen LogP contribution in [0.3, 0.4) is 0 Å². The van der Waals surface area contributed by atoms with Gasteiger partial charge in [-0.2, -0.15) is 0 Å². The lowest BCUT2D eigenvalue weighted by atomic mass is 9.97. The largest absolute Gasteiger partial charge is 0.311 e. The van der Waals surface area contributed by atoms with Gasteiger partial charge in [-0.1, -0.05) is 18.8 Å². The Balaban J connectivity index is 1.90. The Morgan fingerprint density at radius 2 is 1.78 bits per heavy atom. The van der Waals surface area contributed by atoms with E-state index in [0.29, 0.717) is 0 Å². The molecule has 0 aromatic rings. The van der Waals surface area contributed by atoms with Crippen molar-refractivity contribution < 1.29 is 0 Å². The first-order valence-electron chi connectivity index (χ1n) is 7.48. The van der Waals surface area contributed by atoms with Gasteiger partial charge in [-0.05, 0) is 53.0 Å². The first kappa shape index (κ1) is 13.9. The second-order valence-electron chi connectivity index (χ2n) is 6.88. The van der Waals surface area contributed by atoms with Crippen LogP contribution in [0.15, 0.2) is 0 Å². The minimum absolute atomic E-state index is 0.132. The number of hydrogen-bond acceptors (Lipinski definition) is 2. The molecule has 18 heavy (non-hydrogen) atoms. The van der Waals surface area contributed by atoms with E-state index in [2.05, 4.69) is 49.8 Å². The smallest absolute Gasteiger partial charge is 0.0604 e. The summed E-state index contributed by atoms with van der Waals surface area (Å²) in [6.07, 6.45) is 5.40. The average molecular weight is 248 g/mol. The number of nitrogens with one attached hydrogen (secondary N) is 1. The Labute approximate surface area is 113 Å². The third-order valence-electron chi connectivity index (χ3n) is 4.12. The molecule has 0 aromatic heterocycles. The number of hydrogen-bond donors (Lipinski definition) is 1. The van der Waals surface area contributed by atoms with Crippen LogP contribution in [0.1, 0.15) is 53.4 Å². The lowest BCUT2D eigenvalue weighted by molar-refractivity contribution is 0.165. The summed E-state index contributed by atoms with van der Waals surface area (Å²) in [5.74, 6) is 6.74. The fourth-order valence-corrected chi connectivity index (χ4v) is 3.23. The Bertz CT molecular complexity index is 319. The summed E-state index contributed by atoms with van der Waals surface area (Å²) in [5, 5.41) is 3.72. The molecule has 2 atom stereocenters. The van der Waals surface area contributed by atoms with Crippen molar-refractivity contribution >= 4 is 0 Å². The second kappa shape index (κ2) is 5.63. The van der Waals surface area contributed by atoms with Crippen molar-refractivity contribution in [2.45, 2.75) is 71.5 Å². The van der Waals surface area contributed by atoms with Gasteiger partial charge in [0.2, 0.25) is 0 Å². The Morgan fingerprint density at radius 1 is 1.17 bits per heavy atom. The van der Waals surface area contributed by atoms with Gasteiger partial charge in [0.05, 0.1) is 6.54 Å². The predicted molar refractivity (Wildman–Crippen MR) is 77.4 cm³/mol. The molecular weight excluding hydrogens is 220 g/mol. The molecular formula is C16H28N2. The summed E-state index contributed by atoms with van der Waals surface area (Å²) >= 11 is 0. The van der Waals surface area contributed by atoms with Gasteiger partial charge in [0, 0.05) is 23.5 Å². The Morgan fingerprint density at radius 3 is 2.28 bits per heavy atom. The van der Waals surface area contributed by atoms with E-state index >= 15 is 0 Å². The van der Waals surface area contributed by atoms with Crippen LogP contribution in [0.4, 0.5) is 0 Å².